The van der Waals surface area contributed by atoms with Crippen molar-refractivity contribution in [2.75, 3.05) is 24.5 Å². The average molecular weight is 605 g/mol. The second-order valence-corrected chi connectivity index (χ2v) is 12.1. The number of rotatable bonds is 6. The van der Waals surface area contributed by atoms with Gasteiger partial charge in [-0.25, -0.2) is 8.42 Å². The molecule has 1 atom stereocenters. The Balaban J connectivity index is 1.67. The number of aliphatic hydroxyl groups is 1. The molecule has 40 heavy (non-hydrogen) atoms. The molecule has 0 unspecified atom stereocenters. The minimum Gasteiger partial charge on any atom is -0.369 e. The molecule has 5 nitrogen and oxygen atoms in total. The molecule has 0 radical (unpaired) electrons. The number of anilines is 1. The number of benzene rings is 2. The second kappa shape index (κ2) is 10.9. The van der Waals surface area contributed by atoms with E-state index < -0.39 is 39.6 Å². The van der Waals surface area contributed by atoms with Crippen LogP contribution in [0.4, 0.5) is 32.0 Å². The molecule has 2 aromatic rings. The molecular formula is C27H26F6N2O3S2. The van der Waals surface area contributed by atoms with Gasteiger partial charge in [0.2, 0.25) is 10.0 Å². The summed E-state index contributed by atoms with van der Waals surface area (Å²) in [7, 11) is -3.94. The van der Waals surface area contributed by atoms with Crippen molar-refractivity contribution in [1.29, 1.82) is 0 Å². The number of nitrogens with zero attached hydrogens (tertiary/aromatic N) is 2. The van der Waals surface area contributed by atoms with Crippen molar-refractivity contribution in [1.82, 2.24) is 4.31 Å². The first-order valence-electron chi connectivity index (χ1n) is 12.2. The molecule has 216 valence electrons. The molecule has 1 aliphatic heterocycles. The van der Waals surface area contributed by atoms with Crippen LogP contribution in [0.25, 0.3) is 0 Å². The van der Waals surface area contributed by atoms with E-state index in [1.54, 1.807) is 17.1 Å². The molecule has 0 saturated carbocycles. The topological polar surface area (TPSA) is 60.9 Å². The van der Waals surface area contributed by atoms with Gasteiger partial charge in [-0.3, -0.25) is 0 Å². The molecule has 2 aromatic carbocycles. The third kappa shape index (κ3) is 5.69. The zero-order chi connectivity index (χ0) is 29.5. The summed E-state index contributed by atoms with van der Waals surface area (Å²) < 4.78 is 108. The van der Waals surface area contributed by atoms with Crippen LogP contribution in [0.15, 0.2) is 71.7 Å². The number of hydrogen-bond donors (Lipinski definition) is 1. The smallest absolute Gasteiger partial charge is 0.369 e. The van der Waals surface area contributed by atoms with Crippen LogP contribution >= 0.6 is 12.2 Å². The summed E-state index contributed by atoms with van der Waals surface area (Å²) >= 11 is 5.27. The molecule has 1 aliphatic carbocycles. The van der Waals surface area contributed by atoms with Gasteiger partial charge in [0.1, 0.15) is 0 Å². The van der Waals surface area contributed by atoms with Gasteiger partial charge in [0, 0.05) is 48.2 Å². The minimum atomic E-state index is -6.00. The lowest BCUT2D eigenvalue weighted by Gasteiger charge is -2.43. The Kier molecular flexibility index (Phi) is 8.25. The van der Waals surface area contributed by atoms with Gasteiger partial charge in [-0.2, -0.15) is 30.6 Å². The molecule has 1 saturated heterocycles. The number of aryl methyl sites for hydroxylation is 1. The van der Waals surface area contributed by atoms with E-state index in [2.05, 4.69) is 0 Å². The molecule has 1 heterocycles. The fourth-order valence-electron chi connectivity index (χ4n) is 4.83. The average Bonchev–Trinajstić information content (AvgIpc) is 2.88. The monoisotopic (exact) mass is 604 g/mol. The van der Waals surface area contributed by atoms with Crippen LogP contribution in [0, 0.1) is 6.92 Å². The number of hydrogen-bond acceptors (Lipinski definition) is 5. The molecule has 0 amide bonds. The van der Waals surface area contributed by atoms with E-state index in [4.69, 9.17) is 12.2 Å². The Hall–Kier alpha value is -2.74. The Bertz CT molecular complexity index is 1400. The lowest BCUT2D eigenvalue weighted by atomic mass is 9.92. The predicted octanol–water partition coefficient (Wildman–Crippen LogP) is 5.58. The van der Waals surface area contributed by atoms with Gasteiger partial charge in [-0.05, 0) is 37.1 Å². The van der Waals surface area contributed by atoms with Crippen molar-refractivity contribution < 1.29 is 39.9 Å². The lowest BCUT2D eigenvalue weighted by Crippen LogP contribution is -2.56. The van der Waals surface area contributed by atoms with Crippen LogP contribution in [0.1, 0.15) is 23.1 Å². The number of thiocarbonyl (C=S) groups is 1. The minimum absolute atomic E-state index is 0.0106. The summed E-state index contributed by atoms with van der Waals surface area (Å²) in [5, 5.41) is 9.74. The van der Waals surface area contributed by atoms with E-state index in [0.717, 1.165) is 23.3 Å². The van der Waals surface area contributed by atoms with Crippen LogP contribution in [0.5, 0.6) is 0 Å². The van der Waals surface area contributed by atoms with Crippen LogP contribution in [0.2, 0.25) is 0 Å². The second-order valence-electron chi connectivity index (χ2n) is 9.74. The molecule has 4 rings (SSSR count). The first-order valence-corrected chi connectivity index (χ1v) is 14.1. The normalized spacial score (nSPS) is 19.6. The van der Waals surface area contributed by atoms with E-state index in [9.17, 15) is 39.9 Å². The summed E-state index contributed by atoms with van der Waals surface area (Å²) in [6.07, 6.45) is -6.50. The lowest BCUT2D eigenvalue weighted by molar-refractivity contribution is -0.376. The van der Waals surface area contributed by atoms with Gasteiger partial charge in [-0.15, -0.1) is 0 Å². The molecule has 13 heteroatoms. The first-order chi connectivity index (χ1) is 18.6. The van der Waals surface area contributed by atoms with Crippen molar-refractivity contribution in [3.8, 4) is 0 Å². The summed E-state index contributed by atoms with van der Waals surface area (Å²) in [5.41, 5.74) is -4.22. The summed E-state index contributed by atoms with van der Waals surface area (Å²) in [5.74, 6) is 0. The maximum atomic E-state index is 13.5. The highest BCUT2D eigenvalue weighted by molar-refractivity contribution is 7.96. The molecule has 2 aliphatic rings. The van der Waals surface area contributed by atoms with E-state index in [0.29, 0.717) is 30.7 Å². The van der Waals surface area contributed by atoms with Gasteiger partial charge >= 0.3 is 12.4 Å². The van der Waals surface area contributed by atoms with E-state index in [-0.39, 0.29) is 29.4 Å². The van der Waals surface area contributed by atoms with E-state index in [1.165, 1.54) is 10.4 Å². The number of halogens is 6. The van der Waals surface area contributed by atoms with Crippen LogP contribution in [0.3, 0.4) is 0 Å². The van der Waals surface area contributed by atoms with Crippen LogP contribution in [-0.2, 0) is 22.0 Å². The molecule has 0 bridgehead atoms. The van der Waals surface area contributed by atoms with Crippen molar-refractivity contribution in [3.63, 3.8) is 0 Å². The highest BCUT2D eigenvalue weighted by Crippen LogP contribution is 2.50. The molecule has 1 N–H and O–H groups in total. The first kappa shape index (κ1) is 30.2. The highest BCUT2D eigenvalue weighted by Gasteiger charge is 2.71. The standard InChI is InChI=1S/C27H26F6N2O3S2/c1-18-6-8-19(9-7-18)16-22-17-34(40(37,38)24-5-3-2-4-23(24)39)14-15-35(22)21-12-10-20(11-13-21)25(36,26(28,29)30)27(31,32)33/h2-3,5-13,22,36H,4,14-17H2,1H3/t22-/m0/s1. The van der Waals surface area contributed by atoms with Crippen molar-refractivity contribution >= 4 is 32.8 Å². The van der Waals surface area contributed by atoms with E-state index >= 15 is 0 Å². The quantitative estimate of drug-likeness (QED) is 0.345. The summed E-state index contributed by atoms with van der Waals surface area (Å²) in [4.78, 5) is 2.08. The van der Waals surface area contributed by atoms with Gasteiger partial charge in [-0.1, -0.05) is 66.3 Å². The Morgan fingerprint density at radius 1 is 0.950 bits per heavy atom. The van der Waals surface area contributed by atoms with Gasteiger partial charge < -0.3 is 10.0 Å². The highest BCUT2D eigenvalue weighted by atomic mass is 32.2. The summed E-state index contributed by atoms with van der Waals surface area (Å²) in [6, 6.07) is 10.4. The molecule has 0 spiro atoms. The van der Waals surface area contributed by atoms with Crippen molar-refractivity contribution in [2.24, 2.45) is 0 Å². The molecule has 1 fully saturated rings. The molecule has 0 aromatic heterocycles. The maximum Gasteiger partial charge on any atom is 0.430 e. The van der Waals surface area contributed by atoms with Crippen molar-refractivity contribution in [2.45, 2.75) is 43.8 Å². The SMILES string of the molecule is Cc1ccc(C[C@H]2CN(S(=O)(=O)C3=CC=CCC3=S)CCN2c2ccc(C(O)(C(F)(F)F)C(F)(F)F)cc2)cc1. The van der Waals surface area contributed by atoms with E-state index in [1.807, 2.05) is 31.2 Å². The number of piperazine rings is 1. The fourth-order valence-corrected chi connectivity index (χ4v) is 6.90. The third-order valence-electron chi connectivity index (χ3n) is 7.05. The molecular weight excluding hydrogens is 578 g/mol. The van der Waals surface area contributed by atoms with Gasteiger partial charge in [0.15, 0.2) is 0 Å². The fraction of sp³-hybridized carbons (Fsp3) is 0.370. The van der Waals surface area contributed by atoms with Gasteiger partial charge in [0.25, 0.3) is 5.60 Å². The predicted molar refractivity (Wildman–Crippen MR) is 143 cm³/mol. The van der Waals surface area contributed by atoms with Crippen molar-refractivity contribution in [3.05, 3.63) is 88.4 Å². The Labute approximate surface area is 233 Å². The van der Waals surface area contributed by atoms with Gasteiger partial charge in [0.05, 0.1) is 4.91 Å². The Morgan fingerprint density at radius 3 is 2.10 bits per heavy atom. The number of sulfonamides is 1. The van der Waals surface area contributed by atoms with Crippen LogP contribution in [-0.4, -0.2) is 60.7 Å². The number of allylic oxidation sites excluding steroid dienone is 4. The van der Waals surface area contributed by atoms with Crippen LogP contribution < -0.4 is 4.90 Å². The zero-order valence-electron chi connectivity index (χ0n) is 21.2. The maximum absolute atomic E-state index is 13.5. The largest absolute Gasteiger partial charge is 0.430 e. The third-order valence-corrected chi connectivity index (χ3v) is 9.52. The Morgan fingerprint density at radius 2 is 1.55 bits per heavy atom. The number of alkyl halides is 6. The summed E-state index contributed by atoms with van der Waals surface area (Å²) in [6.45, 7) is 2.06. The zero-order valence-corrected chi connectivity index (χ0v) is 22.8.